The van der Waals surface area contributed by atoms with E-state index in [1.165, 1.54) is 11.3 Å². The van der Waals surface area contributed by atoms with Crippen LogP contribution in [0.5, 0.6) is 5.75 Å². The number of methoxy groups -OCH3 is 1. The molecule has 1 heterocycles. The summed E-state index contributed by atoms with van der Waals surface area (Å²) in [6.07, 6.45) is 1.85. The number of nitrogens with one attached hydrogen (secondary N) is 1. The van der Waals surface area contributed by atoms with E-state index < -0.39 is 0 Å². The van der Waals surface area contributed by atoms with Gasteiger partial charge in [-0.15, -0.1) is 23.7 Å². The maximum absolute atomic E-state index is 12.2. The van der Waals surface area contributed by atoms with Gasteiger partial charge >= 0.3 is 0 Å². The number of unbranched alkanes of at least 4 members (excludes halogenated alkanes) is 1. The van der Waals surface area contributed by atoms with Gasteiger partial charge in [-0.05, 0) is 55.5 Å². The van der Waals surface area contributed by atoms with Crippen molar-refractivity contribution in [2.75, 3.05) is 20.2 Å². The maximum atomic E-state index is 12.2. The molecule has 0 saturated carbocycles. The number of thiophene rings is 1. The summed E-state index contributed by atoms with van der Waals surface area (Å²) in [5.41, 5.74) is 6.45. The monoisotopic (exact) mass is 328 g/mol. The van der Waals surface area contributed by atoms with Crippen LogP contribution in [0.3, 0.4) is 0 Å². The predicted octanol–water partition coefficient (Wildman–Crippen LogP) is 3.11. The molecule has 1 amide bonds. The molecular weight excluding hydrogens is 308 g/mol. The van der Waals surface area contributed by atoms with Crippen LogP contribution in [0.2, 0.25) is 0 Å². The van der Waals surface area contributed by atoms with Gasteiger partial charge in [-0.1, -0.05) is 0 Å². The van der Waals surface area contributed by atoms with E-state index in [9.17, 15) is 4.79 Å². The number of amides is 1. The minimum atomic E-state index is -0.000289. The molecule has 0 saturated heterocycles. The van der Waals surface area contributed by atoms with Gasteiger partial charge in [-0.3, -0.25) is 4.79 Å². The first-order valence-electron chi connectivity index (χ1n) is 6.72. The van der Waals surface area contributed by atoms with E-state index in [0.717, 1.165) is 39.1 Å². The highest BCUT2D eigenvalue weighted by Gasteiger charge is 2.15. The molecule has 0 spiro atoms. The first-order valence-corrected chi connectivity index (χ1v) is 7.54. The molecule has 0 unspecified atom stereocenters. The van der Waals surface area contributed by atoms with Crippen LogP contribution in [0, 0.1) is 6.92 Å². The van der Waals surface area contributed by atoms with Crippen LogP contribution in [0.4, 0.5) is 0 Å². The van der Waals surface area contributed by atoms with E-state index in [2.05, 4.69) is 5.32 Å². The SMILES string of the molecule is COc1ccc2sc(C(=O)NCCCCN)c(C)c2c1.Cl. The Labute approximate surface area is 135 Å². The Kier molecular flexibility index (Phi) is 6.95. The average Bonchev–Trinajstić information content (AvgIpc) is 2.80. The van der Waals surface area contributed by atoms with Crippen LogP contribution < -0.4 is 15.8 Å². The molecule has 116 valence electrons. The van der Waals surface area contributed by atoms with Gasteiger partial charge in [0.15, 0.2) is 0 Å². The molecule has 0 aliphatic carbocycles. The van der Waals surface area contributed by atoms with Crippen LogP contribution in [0.15, 0.2) is 18.2 Å². The predicted molar refractivity (Wildman–Crippen MR) is 91.0 cm³/mol. The van der Waals surface area contributed by atoms with Crippen molar-refractivity contribution in [3.05, 3.63) is 28.6 Å². The number of hydrogen-bond donors (Lipinski definition) is 2. The molecule has 0 aliphatic heterocycles. The van der Waals surface area contributed by atoms with Crippen molar-refractivity contribution < 1.29 is 9.53 Å². The number of halogens is 1. The van der Waals surface area contributed by atoms with Crippen LogP contribution in [-0.4, -0.2) is 26.1 Å². The maximum Gasteiger partial charge on any atom is 0.261 e. The fourth-order valence-electron chi connectivity index (χ4n) is 2.10. The minimum Gasteiger partial charge on any atom is -0.497 e. The molecule has 4 nitrogen and oxygen atoms in total. The van der Waals surface area contributed by atoms with Crippen molar-refractivity contribution in [1.29, 1.82) is 0 Å². The number of hydrogen-bond acceptors (Lipinski definition) is 4. The Morgan fingerprint density at radius 2 is 2.14 bits per heavy atom. The molecule has 2 aromatic rings. The Balaban J connectivity index is 0.00000220. The lowest BCUT2D eigenvalue weighted by molar-refractivity contribution is 0.0956. The fourth-order valence-corrected chi connectivity index (χ4v) is 3.20. The third-order valence-electron chi connectivity index (χ3n) is 3.27. The molecule has 3 N–H and O–H groups in total. The summed E-state index contributed by atoms with van der Waals surface area (Å²) in [6.45, 7) is 3.32. The standard InChI is InChI=1S/C15H20N2O2S.ClH/c1-10-12-9-11(19-2)5-6-13(12)20-14(10)15(18)17-8-4-3-7-16;/h5-6,9H,3-4,7-8,16H2,1-2H3,(H,17,18);1H. The zero-order valence-corrected chi connectivity index (χ0v) is 13.9. The second-order valence-electron chi connectivity index (χ2n) is 4.67. The van der Waals surface area contributed by atoms with Crippen molar-refractivity contribution in [2.24, 2.45) is 5.73 Å². The fraction of sp³-hybridized carbons (Fsp3) is 0.400. The average molecular weight is 329 g/mol. The highest BCUT2D eigenvalue weighted by atomic mass is 35.5. The molecule has 21 heavy (non-hydrogen) atoms. The van der Waals surface area contributed by atoms with Crippen molar-refractivity contribution in [3.63, 3.8) is 0 Å². The van der Waals surface area contributed by atoms with Gasteiger partial charge in [-0.25, -0.2) is 0 Å². The van der Waals surface area contributed by atoms with Crippen molar-refractivity contribution in [1.82, 2.24) is 5.32 Å². The van der Waals surface area contributed by atoms with E-state index in [4.69, 9.17) is 10.5 Å². The van der Waals surface area contributed by atoms with Crippen molar-refractivity contribution >= 4 is 39.7 Å². The van der Waals surface area contributed by atoms with Crippen LogP contribution in [0.1, 0.15) is 28.1 Å². The highest BCUT2D eigenvalue weighted by molar-refractivity contribution is 7.21. The summed E-state index contributed by atoms with van der Waals surface area (Å²) in [4.78, 5) is 13.0. The van der Waals surface area contributed by atoms with Gasteiger partial charge in [-0.2, -0.15) is 0 Å². The molecule has 0 radical (unpaired) electrons. The summed E-state index contributed by atoms with van der Waals surface area (Å²) in [5.74, 6) is 0.813. The largest absolute Gasteiger partial charge is 0.497 e. The number of carbonyl (C=O) groups is 1. The first-order chi connectivity index (χ1) is 9.67. The van der Waals surface area contributed by atoms with Crippen molar-refractivity contribution in [3.8, 4) is 5.75 Å². The number of fused-ring (bicyclic) bond motifs is 1. The molecule has 0 fully saturated rings. The molecule has 6 heteroatoms. The third kappa shape index (κ3) is 4.09. The molecule has 1 aromatic carbocycles. The van der Waals surface area contributed by atoms with E-state index >= 15 is 0 Å². The number of aryl methyl sites for hydroxylation is 1. The summed E-state index contributed by atoms with van der Waals surface area (Å²) in [7, 11) is 1.65. The molecule has 1 aromatic heterocycles. The van der Waals surface area contributed by atoms with Gasteiger partial charge in [0.1, 0.15) is 5.75 Å². The third-order valence-corrected chi connectivity index (χ3v) is 4.54. The number of benzene rings is 1. The number of rotatable bonds is 6. The molecule has 0 atom stereocenters. The smallest absolute Gasteiger partial charge is 0.261 e. The Morgan fingerprint density at radius 1 is 1.38 bits per heavy atom. The Hall–Kier alpha value is -1.30. The van der Waals surface area contributed by atoms with E-state index in [0.29, 0.717) is 13.1 Å². The summed E-state index contributed by atoms with van der Waals surface area (Å²) >= 11 is 1.52. The van der Waals surface area contributed by atoms with E-state index in [-0.39, 0.29) is 18.3 Å². The summed E-state index contributed by atoms with van der Waals surface area (Å²) in [6, 6.07) is 5.89. The van der Waals surface area contributed by atoms with E-state index in [1.54, 1.807) is 7.11 Å². The number of nitrogens with two attached hydrogens (primary N) is 1. The summed E-state index contributed by atoms with van der Waals surface area (Å²) in [5, 5.41) is 4.03. The van der Waals surface area contributed by atoms with Gasteiger partial charge in [0.05, 0.1) is 12.0 Å². The zero-order valence-electron chi connectivity index (χ0n) is 12.3. The van der Waals surface area contributed by atoms with Gasteiger partial charge in [0.25, 0.3) is 5.91 Å². The molecule has 0 bridgehead atoms. The first kappa shape index (κ1) is 17.8. The second kappa shape index (κ2) is 8.22. The topological polar surface area (TPSA) is 64.3 Å². The van der Waals surface area contributed by atoms with Crippen LogP contribution >= 0.6 is 23.7 Å². The lowest BCUT2D eigenvalue weighted by Gasteiger charge is -2.03. The second-order valence-corrected chi connectivity index (χ2v) is 5.72. The minimum absolute atomic E-state index is 0. The van der Waals surface area contributed by atoms with Crippen molar-refractivity contribution in [2.45, 2.75) is 19.8 Å². The number of ether oxygens (including phenoxy) is 1. The Morgan fingerprint density at radius 3 is 2.81 bits per heavy atom. The molecular formula is C15H21ClN2O2S. The molecule has 0 aliphatic rings. The summed E-state index contributed by atoms with van der Waals surface area (Å²) < 4.78 is 6.34. The van der Waals surface area contributed by atoms with Crippen LogP contribution in [-0.2, 0) is 0 Å². The normalized spacial score (nSPS) is 10.2. The lowest BCUT2D eigenvalue weighted by atomic mass is 10.1. The Bertz CT molecular complexity index is 613. The van der Waals surface area contributed by atoms with Gasteiger partial charge in [0, 0.05) is 11.2 Å². The number of carbonyl (C=O) groups excluding carboxylic acids is 1. The van der Waals surface area contributed by atoms with Gasteiger partial charge in [0.2, 0.25) is 0 Å². The quantitative estimate of drug-likeness (QED) is 0.801. The molecule has 2 rings (SSSR count). The lowest BCUT2D eigenvalue weighted by Crippen LogP contribution is -2.24. The van der Waals surface area contributed by atoms with Crippen LogP contribution in [0.25, 0.3) is 10.1 Å². The van der Waals surface area contributed by atoms with Gasteiger partial charge < -0.3 is 15.8 Å². The zero-order chi connectivity index (χ0) is 14.5. The highest BCUT2D eigenvalue weighted by Crippen LogP contribution is 2.33. The van der Waals surface area contributed by atoms with E-state index in [1.807, 2.05) is 25.1 Å².